The van der Waals surface area contributed by atoms with E-state index in [1.165, 1.54) is 5.19 Å². The Hall–Kier alpha value is -0.343. The van der Waals surface area contributed by atoms with Gasteiger partial charge in [0.05, 0.1) is 0 Å². The molecule has 1 aromatic carbocycles. The van der Waals surface area contributed by atoms with E-state index in [2.05, 4.69) is 46.1 Å². The van der Waals surface area contributed by atoms with Crippen molar-refractivity contribution in [3.05, 3.63) is 43.0 Å². The minimum atomic E-state index is -0.866. The van der Waals surface area contributed by atoms with Gasteiger partial charge in [-0.15, -0.1) is 21.9 Å². The first-order chi connectivity index (χ1) is 5.34. The maximum atomic E-state index is 3.73. The highest BCUT2D eigenvalue weighted by Gasteiger charge is 2.04. The molecule has 0 aliphatic rings. The average Bonchev–Trinajstić information content (AvgIpc) is 2.07. The molecule has 2 heteroatoms. The topological polar surface area (TPSA) is 0 Å². The molecule has 0 radical (unpaired) electrons. The number of hydrogen-bond donors (Lipinski definition) is 0. The molecule has 1 aromatic rings. The van der Waals surface area contributed by atoms with Gasteiger partial charge in [-0.3, -0.25) is 0 Å². The molecule has 0 saturated carbocycles. The van der Waals surface area contributed by atoms with Gasteiger partial charge in [0.2, 0.25) is 0 Å². The molecule has 1 rings (SSSR count). The Labute approximate surface area is 77.1 Å². The molecular weight excluding hydrogens is 216 g/mol. The molecule has 11 heavy (non-hydrogen) atoms. The number of hydrogen-bond acceptors (Lipinski definition) is 0. The lowest BCUT2D eigenvalue weighted by molar-refractivity contribution is 1.69. The average molecular weight is 227 g/mol. The third kappa shape index (κ3) is 2.64. The minimum absolute atomic E-state index is 0.866. The standard InChI is InChI=1S/C9H11BrSi/c1-2-8-11(10)9-6-4-3-5-7-9/h2-7,11H,1,8H2. The molecule has 0 aliphatic heterocycles. The fraction of sp³-hybridized carbons (Fsp3) is 0.111. The largest absolute Gasteiger partial charge is 0.148 e. The molecule has 0 saturated heterocycles. The Morgan fingerprint density at radius 3 is 2.55 bits per heavy atom. The number of benzene rings is 1. The number of rotatable bonds is 3. The van der Waals surface area contributed by atoms with Gasteiger partial charge in [-0.25, -0.2) is 0 Å². The Morgan fingerprint density at radius 2 is 2.00 bits per heavy atom. The summed E-state index contributed by atoms with van der Waals surface area (Å²) in [6.07, 6.45) is 1.98. The molecule has 0 heterocycles. The van der Waals surface area contributed by atoms with Crippen LogP contribution in [0.4, 0.5) is 0 Å². The zero-order valence-corrected chi connectivity index (χ0v) is 9.07. The highest BCUT2D eigenvalue weighted by molar-refractivity contribution is 9.25. The van der Waals surface area contributed by atoms with Crippen LogP contribution in [0.5, 0.6) is 0 Å². The summed E-state index contributed by atoms with van der Waals surface area (Å²) in [5.74, 6) is 0. The lowest BCUT2D eigenvalue weighted by Crippen LogP contribution is -2.21. The Bertz CT molecular complexity index is 220. The van der Waals surface area contributed by atoms with Crippen molar-refractivity contribution >= 4 is 27.9 Å². The second-order valence-corrected chi connectivity index (χ2v) is 7.79. The maximum absolute atomic E-state index is 3.73. The van der Waals surface area contributed by atoms with Crippen molar-refractivity contribution in [3.63, 3.8) is 0 Å². The molecule has 1 atom stereocenters. The summed E-state index contributed by atoms with van der Waals surface area (Å²) in [6, 6.07) is 11.7. The van der Waals surface area contributed by atoms with Gasteiger partial charge in [0.15, 0.2) is 0 Å². The fourth-order valence-corrected chi connectivity index (χ4v) is 3.86. The SMILES string of the molecule is C=CC[SiH](Br)c1ccccc1. The van der Waals surface area contributed by atoms with Crippen molar-refractivity contribution in [2.24, 2.45) is 0 Å². The van der Waals surface area contributed by atoms with E-state index in [-0.39, 0.29) is 0 Å². The van der Waals surface area contributed by atoms with Crippen LogP contribution in [-0.2, 0) is 0 Å². The summed E-state index contributed by atoms with van der Waals surface area (Å²) in [4.78, 5) is 0. The first-order valence-electron chi connectivity index (χ1n) is 3.64. The van der Waals surface area contributed by atoms with Crippen molar-refractivity contribution in [3.8, 4) is 0 Å². The first-order valence-corrected chi connectivity index (χ1v) is 8.22. The lowest BCUT2D eigenvalue weighted by Gasteiger charge is -2.03. The van der Waals surface area contributed by atoms with Crippen LogP contribution < -0.4 is 5.19 Å². The van der Waals surface area contributed by atoms with Gasteiger partial charge in [0.25, 0.3) is 0 Å². The van der Waals surface area contributed by atoms with Crippen LogP contribution in [0.15, 0.2) is 43.0 Å². The Kier molecular flexibility index (Phi) is 3.59. The summed E-state index contributed by atoms with van der Waals surface area (Å²) in [5.41, 5.74) is 0. The lowest BCUT2D eigenvalue weighted by atomic mass is 10.4. The van der Waals surface area contributed by atoms with E-state index in [4.69, 9.17) is 0 Å². The summed E-state index contributed by atoms with van der Waals surface area (Å²) >= 11 is 3.71. The predicted octanol–water partition coefficient (Wildman–Crippen LogP) is 2.20. The van der Waals surface area contributed by atoms with Crippen LogP contribution in [0.2, 0.25) is 6.04 Å². The van der Waals surface area contributed by atoms with Gasteiger partial charge in [-0.1, -0.05) is 41.6 Å². The van der Waals surface area contributed by atoms with Gasteiger partial charge in [-0.2, -0.15) is 0 Å². The molecule has 58 valence electrons. The van der Waals surface area contributed by atoms with Crippen molar-refractivity contribution < 1.29 is 0 Å². The fourth-order valence-electron chi connectivity index (χ4n) is 0.944. The first kappa shape index (κ1) is 8.75. The Balaban J connectivity index is 2.68. The third-order valence-electron chi connectivity index (χ3n) is 1.53. The van der Waals surface area contributed by atoms with Crippen LogP contribution >= 0.6 is 15.3 Å². The van der Waals surface area contributed by atoms with E-state index in [0.29, 0.717) is 0 Å². The normalized spacial score (nSPS) is 12.5. The van der Waals surface area contributed by atoms with Crippen LogP contribution in [0, 0.1) is 0 Å². The molecular formula is C9H11BrSi. The second-order valence-electron chi connectivity index (χ2n) is 2.40. The predicted molar refractivity (Wildman–Crippen MR) is 57.2 cm³/mol. The van der Waals surface area contributed by atoms with E-state index in [9.17, 15) is 0 Å². The van der Waals surface area contributed by atoms with Gasteiger partial charge < -0.3 is 0 Å². The zero-order chi connectivity index (χ0) is 8.10. The summed E-state index contributed by atoms with van der Waals surface area (Å²) < 4.78 is 0. The molecule has 0 spiro atoms. The summed E-state index contributed by atoms with van der Waals surface area (Å²) in [6.45, 7) is 3.73. The number of allylic oxidation sites excluding steroid dienone is 1. The van der Waals surface area contributed by atoms with Crippen LogP contribution in [0.3, 0.4) is 0 Å². The van der Waals surface area contributed by atoms with Crippen LogP contribution in [-0.4, -0.2) is 7.42 Å². The van der Waals surface area contributed by atoms with Crippen LogP contribution in [0.25, 0.3) is 0 Å². The number of halogens is 1. The summed E-state index contributed by atoms with van der Waals surface area (Å²) in [7, 11) is -0.866. The third-order valence-corrected chi connectivity index (χ3v) is 6.10. The van der Waals surface area contributed by atoms with Gasteiger partial charge in [-0.05, 0) is 6.04 Å². The molecule has 0 amide bonds. The quantitative estimate of drug-likeness (QED) is 0.422. The molecule has 0 bridgehead atoms. The van der Waals surface area contributed by atoms with E-state index in [1.807, 2.05) is 12.1 Å². The van der Waals surface area contributed by atoms with E-state index in [0.717, 1.165) is 6.04 Å². The van der Waals surface area contributed by atoms with Crippen molar-refractivity contribution in [2.75, 3.05) is 0 Å². The smallest absolute Gasteiger partial charge is 0.124 e. The molecule has 0 nitrogen and oxygen atoms in total. The van der Waals surface area contributed by atoms with Gasteiger partial charge >= 0.3 is 0 Å². The molecule has 0 N–H and O–H groups in total. The molecule has 1 unspecified atom stereocenters. The minimum Gasteiger partial charge on any atom is -0.124 e. The van der Waals surface area contributed by atoms with E-state index < -0.39 is 7.42 Å². The second kappa shape index (κ2) is 4.52. The highest BCUT2D eigenvalue weighted by atomic mass is 79.9. The molecule has 0 aromatic heterocycles. The Morgan fingerprint density at radius 1 is 1.36 bits per heavy atom. The van der Waals surface area contributed by atoms with Gasteiger partial charge in [0.1, 0.15) is 7.42 Å². The van der Waals surface area contributed by atoms with Crippen molar-refractivity contribution in [1.29, 1.82) is 0 Å². The monoisotopic (exact) mass is 226 g/mol. The molecule has 0 aliphatic carbocycles. The summed E-state index contributed by atoms with van der Waals surface area (Å²) in [5, 5.41) is 1.45. The highest BCUT2D eigenvalue weighted by Crippen LogP contribution is 2.01. The van der Waals surface area contributed by atoms with Crippen molar-refractivity contribution in [1.82, 2.24) is 0 Å². The maximum Gasteiger partial charge on any atom is 0.148 e. The van der Waals surface area contributed by atoms with Crippen LogP contribution in [0.1, 0.15) is 0 Å². The van der Waals surface area contributed by atoms with E-state index in [1.54, 1.807) is 0 Å². The van der Waals surface area contributed by atoms with Crippen molar-refractivity contribution in [2.45, 2.75) is 6.04 Å². The zero-order valence-electron chi connectivity index (χ0n) is 6.33. The molecule has 0 fully saturated rings. The van der Waals surface area contributed by atoms with E-state index >= 15 is 0 Å². The van der Waals surface area contributed by atoms with Gasteiger partial charge in [0, 0.05) is 0 Å².